The highest BCUT2D eigenvalue weighted by molar-refractivity contribution is 7.21. The largest absolute Gasteiger partial charge is 0.352 e. The van der Waals surface area contributed by atoms with Crippen LogP contribution < -0.4 is 5.32 Å². The Hall–Kier alpha value is -5.85. The molecule has 2 unspecified atom stereocenters. The molecule has 5 heterocycles. The molecule has 0 radical (unpaired) electrons. The zero-order chi connectivity index (χ0) is 48.3. The maximum atomic E-state index is 15.7. The van der Waals surface area contributed by atoms with Gasteiger partial charge < -0.3 is 20.2 Å². The van der Waals surface area contributed by atoms with Gasteiger partial charge in [-0.1, -0.05) is 111 Å². The van der Waals surface area contributed by atoms with Crippen molar-refractivity contribution in [1.82, 2.24) is 40.0 Å². The van der Waals surface area contributed by atoms with E-state index in [-0.39, 0.29) is 23.8 Å². The molecule has 2 amide bonds. The lowest BCUT2D eigenvalue weighted by Gasteiger charge is -2.35. The molecular weight excluding hydrogens is 908 g/mol. The highest BCUT2D eigenvalue weighted by Gasteiger charge is 2.35. The summed E-state index contributed by atoms with van der Waals surface area (Å²) in [6.07, 6.45) is 7.39. The Bertz CT molecular complexity index is 3090. The number of amides is 2. The average molecular weight is 974 g/mol. The van der Waals surface area contributed by atoms with Crippen molar-refractivity contribution in [2.24, 2.45) is 5.92 Å². The van der Waals surface area contributed by atoms with Gasteiger partial charge in [-0.2, -0.15) is 0 Å². The third-order valence-electron chi connectivity index (χ3n) is 14.4. The number of carbonyl (C=O) groups excluding carboxylic acids is 2. The minimum absolute atomic E-state index is 0.126. The van der Waals surface area contributed by atoms with Gasteiger partial charge >= 0.3 is 0 Å². The van der Waals surface area contributed by atoms with Gasteiger partial charge in [0.25, 0.3) is 11.8 Å². The lowest BCUT2D eigenvalue weighted by Crippen LogP contribution is -2.41. The number of imidazole rings is 2. The summed E-state index contributed by atoms with van der Waals surface area (Å²) in [5.74, 6) is 1.25. The van der Waals surface area contributed by atoms with E-state index in [2.05, 4.69) is 120 Å². The molecule has 10 rings (SSSR count). The number of aromatic amines is 2. The molecule has 8 aromatic rings. The summed E-state index contributed by atoms with van der Waals surface area (Å²) in [4.78, 5) is 54.8. The Labute approximate surface area is 420 Å². The zero-order valence-electron chi connectivity index (χ0n) is 40.9. The van der Waals surface area contributed by atoms with E-state index < -0.39 is 6.04 Å². The van der Waals surface area contributed by atoms with Crippen molar-refractivity contribution in [3.8, 4) is 0 Å². The predicted octanol–water partition coefficient (Wildman–Crippen LogP) is 12.5. The van der Waals surface area contributed by atoms with Crippen LogP contribution in [0.3, 0.4) is 0 Å². The molecular formula is C58H65ClN8O2S. The molecule has 362 valence electrons. The molecule has 3 N–H and O–H groups in total. The molecule has 2 atom stereocenters. The molecule has 0 spiro atoms. The van der Waals surface area contributed by atoms with Crippen molar-refractivity contribution in [2.75, 3.05) is 32.7 Å². The van der Waals surface area contributed by atoms with Crippen molar-refractivity contribution in [2.45, 2.75) is 104 Å². The number of piperidine rings is 1. The summed E-state index contributed by atoms with van der Waals surface area (Å²) in [6.45, 7) is 15.1. The minimum Gasteiger partial charge on any atom is -0.352 e. The molecule has 0 saturated carbocycles. The number of nitrogens with one attached hydrogen (secondary N) is 3. The molecule has 0 bridgehead atoms. The van der Waals surface area contributed by atoms with E-state index in [0.29, 0.717) is 46.3 Å². The molecule has 2 aliphatic rings. The number of rotatable bonds is 17. The van der Waals surface area contributed by atoms with Crippen molar-refractivity contribution >= 4 is 66.9 Å². The predicted molar refractivity (Wildman–Crippen MR) is 286 cm³/mol. The first kappa shape index (κ1) is 47.8. The van der Waals surface area contributed by atoms with Crippen LogP contribution in [0, 0.1) is 5.92 Å². The third kappa shape index (κ3) is 10.2. The van der Waals surface area contributed by atoms with Crippen LogP contribution in [0.2, 0.25) is 5.02 Å². The fourth-order valence-corrected chi connectivity index (χ4v) is 12.3. The number of benzene rings is 5. The Morgan fingerprint density at radius 2 is 1.29 bits per heavy atom. The standard InChI is InChI=1S/C58H65ClN8O2S/c1-37(2)34-60-57(68)44-23-16-26-48-53(44)64-55(63-48)45(32-39-18-6-8-20-41(39)35-66-30-14-15-31-66)43-22-17-27-50-51(43)52(59)54(70-50)58(69)67(38(3)4)49(56-61-46-24-10-11-25-47(46)62-56)33-40-19-7-9-21-42(40)36-65-28-12-5-13-29-65/h6-11,16-27,37-38,45,49H,5,12-15,28-36H2,1-4H3,(H,60,68)(H,61,62)(H,63,64). The first-order valence-electron chi connectivity index (χ1n) is 25.4. The van der Waals surface area contributed by atoms with Gasteiger partial charge in [-0.3, -0.25) is 19.4 Å². The van der Waals surface area contributed by atoms with E-state index in [4.69, 9.17) is 21.6 Å². The third-order valence-corrected chi connectivity index (χ3v) is 16.0. The normalized spacial score (nSPS) is 15.7. The number of carbonyl (C=O) groups is 2. The van der Waals surface area contributed by atoms with Crippen LogP contribution in [-0.4, -0.2) is 85.2 Å². The second kappa shape index (κ2) is 21.2. The van der Waals surface area contributed by atoms with E-state index in [1.807, 2.05) is 47.4 Å². The maximum absolute atomic E-state index is 15.7. The quantitative estimate of drug-likeness (QED) is 0.0838. The number of H-pyrrole nitrogens is 2. The van der Waals surface area contributed by atoms with Gasteiger partial charge in [-0.15, -0.1) is 11.3 Å². The lowest BCUT2D eigenvalue weighted by atomic mass is 9.87. The van der Waals surface area contributed by atoms with Crippen molar-refractivity contribution in [3.63, 3.8) is 0 Å². The fraction of sp³-hybridized carbons (Fsp3) is 0.379. The number of hydrogen-bond donors (Lipinski definition) is 3. The SMILES string of the molecule is CC(C)CNC(=O)c1cccc2[nH]c(C(Cc3ccccc3CN3CCCC3)c3cccc4sc(C(=O)N(C(C)C)C(Cc5ccccc5CN5CCCCC5)c5nc6ccccc6[nH]5)c(Cl)c34)nc12. The van der Waals surface area contributed by atoms with Gasteiger partial charge in [0, 0.05) is 48.1 Å². The molecule has 2 saturated heterocycles. The molecule has 0 aliphatic carbocycles. The number of para-hydroxylation sites is 3. The van der Waals surface area contributed by atoms with Crippen LogP contribution in [0.5, 0.6) is 0 Å². The number of nitrogens with zero attached hydrogens (tertiary/aromatic N) is 5. The van der Waals surface area contributed by atoms with Crippen molar-refractivity contribution in [1.29, 1.82) is 0 Å². The van der Waals surface area contributed by atoms with Gasteiger partial charge in [-0.25, -0.2) is 9.97 Å². The number of halogens is 1. The van der Waals surface area contributed by atoms with Crippen LogP contribution in [0.1, 0.15) is 131 Å². The Kier molecular flexibility index (Phi) is 14.5. The number of likely N-dealkylation sites (tertiary alicyclic amines) is 2. The van der Waals surface area contributed by atoms with Gasteiger partial charge in [0.2, 0.25) is 0 Å². The van der Waals surface area contributed by atoms with Gasteiger partial charge in [0.05, 0.1) is 33.2 Å². The second-order valence-electron chi connectivity index (χ2n) is 20.2. The van der Waals surface area contributed by atoms with Crippen molar-refractivity contribution in [3.05, 3.63) is 164 Å². The highest BCUT2D eigenvalue weighted by atomic mass is 35.5. The van der Waals surface area contributed by atoms with E-state index in [9.17, 15) is 4.79 Å². The number of aromatic nitrogens is 4. The first-order valence-corrected chi connectivity index (χ1v) is 26.6. The smallest absolute Gasteiger partial charge is 0.266 e. The minimum atomic E-state index is -0.412. The topological polar surface area (TPSA) is 113 Å². The Balaban J connectivity index is 1.07. The number of fused-ring (bicyclic) bond motifs is 3. The summed E-state index contributed by atoms with van der Waals surface area (Å²) < 4.78 is 0.932. The summed E-state index contributed by atoms with van der Waals surface area (Å²) in [6, 6.07) is 37.0. The number of hydrogen-bond acceptors (Lipinski definition) is 7. The molecule has 3 aromatic heterocycles. The lowest BCUT2D eigenvalue weighted by molar-refractivity contribution is 0.0599. The van der Waals surface area contributed by atoms with E-state index in [1.165, 1.54) is 65.7 Å². The molecule has 2 aliphatic heterocycles. The van der Waals surface area contributed by atoms with Gasteiger partial charge in [0.1, 0.15) is 22.0 Å². The summed E-state index contributed by atoms with van der Waals surface area (Å²) in [5, 5.41) is 4.40. The number of thiophene rings is 1. The van der Waals surface area contributed by atoms with Gasteiger partial charge in [0.15, 0.2) is 0 Å². The molecule has 2 fully saturated rings. The van der Waals surface area contributed by atoms with E-state index in [0.717, 1.165) is 83.1 Å². The van der Waals surface area contributed by atoms with Crippen LogP contribution in [0.15, 0.2) is 109 Å². The van der Waals surface area contributed by atoms with Crippen LogP contribution in [-0.2, 0) is 25.9 Å². The van der Waals surface area contributed by atoms with E-state index >= 15 is 4.79 Å². The molecule has 5 aromatic carbocycles. The summed E-state index contributed by atoms with van der Waals surface area (Å²) >= 11 is 9.20. The van der Waals surface area contributed by atoms with Crippen molar-refractivity contribution < 1.29 is 9.59 Å². The monoisotopic (exact) mass is 972 g/mol. The molecule has 70 heavy (non-hydrogen) atoms. The molecule has 10 nitrogen and oxygen atoms in total. The zero-order valence-corrected chi connectivity index (χ0v) is 42.5. The Morgan fingerprint density at radius 1 is 0.686 bits per heavy atom. The second-order valence-corrected chi connectivity index (χ2v) is 21.6. The summed E-state index contributed by atoms with van der Waals surface area (Å²) in [7, 11) is 0. The highest BCUT2D eigenvalue weighted by Crippen LogP contribution is 2.44. The van der Waals surface area contributed by atoms with Crippen LogP contribution in [0.4, 0.5) is 0 Å². The Morgan fingerprint density at radius 3 is 1.96 bits per heavy atom. The fourth-order valence-electron chi connectivity index (χ4n) is 10.8. The first-order chi connectivity index (χ1) is 34.1. The van der Waals surface area contributed by atoms with E-state index in [1.54, 1.807) is 0 Å². The van der Waals surface area contributed by atoms with Crippen LogP contribution >= 0.6 is 22.9 Å². The van der Waals surface area contributed by atoms with Gasteiger partial charge in [-0.05, 0) is 136 Å². The maximum Gasteiger partial charge on any atom is 0.266 e. The van der Waals surface area contributed by atoms with Crippen LogP contribution in [0.25, 0.3) is 32.2 Å². The summed E-state index contributed by atoms with van der Waals surface area (Å²) in [5.41, 5.74) is 9.77. The molecule has 12 heteroatoms. The average Bonchev–Trinajstić information content (AvgIpc) is 4.20.